The second-order valence-corrected chi connectivity index (χ2v) is 7.72. The van der Waals surface area contributed by atoms with Crippen LogP contribution in [0.2, 0.25) is 0 Å². The molecular formula is C12H16BrN3O4S. The van der Waals surface area contributed by atoms with E-state index in [0.717, 1.165) is 5.56 Å². The second kappa shape index (κ2) is 6.39. The molecule has 2 rings (SSSR count). The number of sulfonamides is 1. The fourth-order valence-corrected chi connectivity index (χ4v) is 3.65. The summed E-state index contributed by atoms with van der Waals surface area (Å²) in [6, 6.07) is 4.94. The van der Waals surface area contributed by atoms with Gasteiger partial charge in [-0.05, 0) is 21.5 Å². The van der Waals surface area contributed by atoms with Gasteiger partial charge in [-0.25, -0.2) is 8.42 Å². The highest BCUT2D eigenvalue weighted by atomic mass is 79.9. The first-order valence-electron chi connectivity index (χ1n) is 6.38. The lowest BCUT2D eigenvalue weighted by Gasteiger charge is -2.33. The molecule has 0 amide bonds. The number of rotatable bonds is 4. The van der Waals surface area contributed by atoms with Gasteiger partial charge in [0, 0.05) is 38.8 Å². The third-order valence-electron chi connectivity index (χ3n) is 3.45. The van der Waals surface area contributed by atoms with Crippen molar-refractivity contribution in [1.82, 2.24) is 9.21 Å². The predicted octanol–water partition coefficient (Wildman–Crippen LogP) is 1.43. The molecule has 0 N–H and O–H groups in total. The number of nitrogens with zero attached hydrogens (tertiary/aromatic N) is 3. The summed E-state index contributed by atoms with van der Waals surface area (Å²) in [6.45, 7) is 2.68. The Bertz CT molecular complexity index is 642. The normalized spacial score (nSPS) is 17.8. The number of benzene rings is 1. The van der Waals surface area contributed by atoms with Crippen LogP contribution in [0.4, 0.5) is 5.69 Å². The number of nitro groups is 1. The highest BCUT2D eigenvalue weighted by Crippen LogP contribution is 2.29. The monoisotopic (exact) mass is 377 g/mol. The average molecular weight is 378 g/mol. The Balaban J connectivity index is 2.05. The smallest absolute Gasteiger partial charge is 0.283 e. The summed E-state index contributed by atoms with van der Waals surface area (Å²) in [7, 11) is -3.14. The summed E-state index contributed by atoms with van der Waals surface area (Å²) in [4.78, 5) is 12.6. The van der Waals surface area contributed by atoms with Gasteiger partial charge in [-0.2, -0.15) is 4.31 Å². The molecule has 116 valence electrons. The molecule has 9 heteroatoms. The zero-order valence-corrected chi connectivity index (χ0v) is 13.9. The highest BCUT2D eigenvalue weighted by Gasteiger charge is 2.24. The van der Waals surface area contributed by atoms with E-state index in [4.69, 9.17) is 0 Å². The van der Waals surface area contributed by atoms with Crippen molar-refractivity contribution in [2.45, 2.75) is 6.54 Å². The molecule has 1 fully saturated rings. The minimum absolute atomic E-state index is 0.0438. The van der Waals surface area contributed by atoms with Crippen molar-refractivity contribution < 1.29 is 13.3 Å². The van der Waals surface area contributed by atoms with E-state index in [9.17, 15) is 18.5 Å². The Morgan fingerprint density at radius 3 is 2.43 bits per heavy atom. The zero-order chi connectivity index (χ0) is 15.6. The maximum absolute atomic E-state index is 11.4. The number of hydrogen-bond acceptors (Lipinski definition) is 5. The average Bonchev–Trinajstić information content (AvgIpc) is 2.40. The zero-order valence-electron chi connectivity index (χ0n) is 11.5. The number of halogens is 1. The van der Waals surface area contributed by atoms with Crippen molar-refractivity contribution in [2.75, 3.05) is 32.4 Å². The molecule has 0 radical (unpaired) electrons. The lowest BCUT2D eigenvalue weighted by molar-refractivity contribution is -0.385. The third kappa shape index (κ3) is 4.00. The number of piperazine rings is 1. The summed E-state index contributed by atoms with van der Waals surface area (Å²) in [5, 5.41) is 10.9. The van der Waals surface area contributed by atoms with Crippen molar-refractivity contribution >= 4 is 31.6 Å². The first-order chi connectivity index (χ1) is 9.79. The van der Waals surface area contributed by atoms with Gasteiger partial charge in [-0.3, -0.25) is 15.0 Å². The van der Waals surface area contributed by atoms with Gasteiger partial charge in [-0.1, -0.05) is 12.1 Å². The molecule has 7 nitrogen and oxygen atoms in total. The second-order valence-electron chi connectivity index (χ2n) is 4.95. The van der Waals surface area contributed by atoms with Gasteiger partial charge in [0.05, 0.1) is 15.7 Å². The van der Waals surface area contributed by atoms with Crippen molar-refractivity contribution in [3.8, 4) is 0 Å². The minimum atomic E-state index is -3.14. The van der Waals surface area contributed by atoms with Gasteiger partial charge in [0.25, 0.3) is 5.69 Å². The topological polar surface area (TPSA) is 83.8 Å². The largest absolute Gasteiger partial charge is 0.296 e. The molecule has 0 saturated carbocycles. The van der Waals surface area contributed by atoms with Crippen molar-refractivity contribution in [3.63, 3.8) is 0 Å². The first kappa shape index (κ1) is 16.3. The van der Waals surface area contributed by atoms with Crippen molar-refractivity contribution in [2.24, 2.45) is 0 Å². The van der Waals surface area contributed by atoms with Gasteiger partial charge >= 0.3 is 0 Å². The summed E-state index contributed by atoms with van der Waals surface area (Å²) in [5.41, 5.74) is 0.874. The highest BCUT2D eigenvalue weighted by molar-refractivity contribution is 9.10. The van der Waals surface area contributed by atoms with Gasteiger partial charge in [0.1, 0.15) is 0 Å². The van der Waals surface area contributed by atoms with E-state index in [1.807, 2.05) is 6.07 Å². The third-order valence-corrected chi connectivity index (χ3v) is 5.67. The maximum Gasteiger partial charge on any atom is 0.283 e. The van der Waals surface area contributed by atoms with E-state index in [2.05, 4.69) is 20.8 Å². The van der Waals surface area contributed by atoms with E-state index < -0.39 is 14.9 Å². The van der Waals surface area contributed by atoms with Gasteiger partial charge in [-0.15, -0.1) is 0 Å². The molecule has 1 saturated heterocycles. The molecule has 0 aliphatic carbocycles. The van der Waals surface area contributed by atoms with E-state index in [0.29, 0.717) is 37.2 Å². The molecular weight excluding hydrogens is 362 g/mol. The van der Waals surface area contributed by atoms with Gasteiger partial charge in [0.2, 0.25) is 10.0 Å². The molecule has 1 aromatic carbocycles. The van der Waals surface area contributed by atoms with Crippen LogP contribution in [0, 0.1) is 10.1 Å². The Labute approximate surface area is 131 Å². The summed E-state index contributed by atoms with van der Waals surface area (Å²) in [6.07, 6.45) is 1.21. The predicted molar refractivity (Wildman–Crippen MR) is 82.5 cm³/mol. The molecule has 21 heavy (non-hydrogen) atoms. The van der Waals surface area contributed by atoms with E-state index in [1.54, 1.807) is 6.07 Å². The van der Waals surface area contributed by atoms with Crippen LogP contribution < -0.4 is 0 Å². The molecule has 0 unspecified atom stereocenters. The lowest BCUT2D eigenvalue weighted by Crippen LogP contribution is -2.47. The molecule has 0 bridgehead atoms. The van der Waals surface area contributed by atoms with Crippen LogP contribution in [0.3, 0.4) is 0 Å². The van der Waals surface area contributed by atoms with Crippen LogP contribution in [0.1, 0.15) is 5.56 Å². The van der Waals surface area contributed by atoms with Gasteiger partial charge < -0.3 is 0 Å². The standard InChI is InChI=1S/C12H16BrN3O4S/c1-21(19,20)15-7-5-14(6-8-15)9-10-3-2-4-11(12(10)13)16(17)18/h2-4H,5-9H2,1H3. The Morgan fingerprint density at radius 1 is 1.29 bits per heavy atom. The fourth-order valence-electron chi connectivity index (χ4n) is 2.29. The van der Waals surface area contributed by atoms with Crippen molar-refractivity contribution in [3.05, 3.63) is 38.3 Å². The summed E-state index contributed by atoms with van der Waals surface area (Å²) >= 11 is 3.28. The van der Waals surface area contributed by atoms with Gasteiger partial charge in [0.15, 0.2) is 0 Å². The van der Waals surface area contributed by atoms with Crippen LogP contribution in [0.25, 0.3) is 0 Å². The van der Waals surface area contributed by atoms with Crippen LogP contribution in [0.15, 0.2) is 22.7 Å². The summed E-state index contributed by atoms with van der Waals surface area (Å²) < 4.78 is 24.8. The maximum atomic E-state index is 11.4. The molecule has 0 aromatic heterocycles. The first-order valence-corrected chi connectivity index (χ1v) is 9.02. The molecule has 1 aliphatic rings. The molecule has 1 aromatic rings. The number of hydrogen-bond donors (Lipinski definition) is 0. The Morgan fingerprint density at radius 2 is 1.90 bits per heavy atom. The minimum Gasteiger partial charge on any atom is -0.296 e. The summed E-state index contributed by atoms with van der Waals surface area (Å²) in [5.74, 6) is 0. The van der Waals surface area contributed by atoms with E-state index >= 15 is 0 Å². The van der Waals surface area contributed by atoms with Crippen LogP contribution in [-0.4, -0.2) is 55.0 Å². The SMILES string of the molecule is CS(=O)(=O)N1CCN(Cc2cccc([N+](=O)[O-])c2Br)CC1. The van der Waals surface area contributed by atoms with Crippen LogP contribution in [0.5, 0.6) is 0 Å². The molecule has 1 aliphatic heterocycles. The van der Waals surface area contributed by atoms with Crippen LogP contribution >= 0.6 is 15.9 Å². The molecule has 0 atom stereocenters. The fraction of sp³-hybridized carbons (Fsp3) is 0.500. The van der Waals surface area contributed by atoms with Crippen LogP contribution in [-0.2, 0) is 16.6 Å². The Kier molecular flexibility index (Phi) is 4.97. The quantitative estimate of drug-likeness (QED) is 0.585. The van der Waals surface area contributed by atoms with E-state index in [-0.39, 0.29) is 5.69 Å². The Hall–Kier alpha value is -1.03. The molecule has 0 spiro atoms. The van der Waals surface area contributed by atoms with E-state index in [1.165, 1.54) is 16.6 Å². The number of nitro benzene ring substituents is 1. The van der Waals surface area contributed by atoms with Crippen molar-refractivity contribution in [1.29, 1.82) is 0 Å². The lowest BCUT2D eigenvalue weighted by atomic mass is 10.2. The molecule has 1 heterocycles.